The van der Waals surface area contributed by atoms with Gasteiger partial charge in [0.2, 0.25) is 0 Å². The van der Waals surface area contributed by atoms with Crippen LogP contribution in [0.3, 0.4) is 0 Å². The van der Waals surface area contributed by atoms with Gasteiger partial charge in [0.1, 0.15) is 10.6 Å². The fourth-order valence-electron chi connectivity index (χ4n) is 2.43. The number of aryl methyl sites for hydroxylation is 1. The molecule has 0 fully saturated rings. The van der Waals surface area contributed by atoms with E-state index in [1.165, 1.54) is 6.07 Å². The Kier molecular flexibility index (Phi) is 2.65. The number of fused-ring (bicyclic) bond motifs is 2. The minimum Gasteiger partial charge on any atom is -0.423 e. The molecular formula is C17H11NO2S. The molecule has 0 bridgehead atoms. The van der Waals surface area contributed by atoms with Gasteiger partial charge < -0.3 is 4.42 Å². The fourth-order valence-corrected chi connectivity index (χ4v) is 3.43. The van der Waals surface area contributed by atoms with E-state index in [4.69, 9.17) is 4.42 Å². The number of para-hydroxylation sites is 1. The van der Waals surface area contributed by atoms with Gasteiger partial charge in [0.05, 0.1) is 10.2 Å². The van der Waals surface area contributed by atoms with Gasteiger partial charge in [-0.25, -0.2) is 9.78 Å². The van der Waals surface area contributed by atoms with Crippen LogP contribution in [0.1, 0.15) is 5.56 Å². The molecule has 0 amide bonds. The van der Waals surface area contributed by atoms with E-state index in [0.29, 0.717) is 5.58 Å². The van der Waals surface area contributed by atoms with E-state index in [2.05, 4.69) is 4.98 Å². The summed E-state index contributed by atoms with van der Waals surface area (Å²) in [7, 11) is 0. The Morgan fingerprint density at radius 2 is 1.95 bits per heavy atom. The largest absolute Gasteiger partial charge is 0.423 e. The maximum atomic E-state index is 11.8. The van der Waals surface area contributed by atoms with Crippen molar-refractivity contribution >= 4 is 32.5 Å². The summed E-state index contributed by atoms with van der Waals surface area (Å²) in [4.78, 5) is 16.4. The SMILES string of the molecule is Cc1ccc2c(-c3nc4ccccc4s3)cc(=O)oc2c1. The second-order valence-corrected chi connectivity index (χ2v) is 6.00. The van der Waals surface area contributed by atoms with Crippen LogP contribution in [0.2, 0.25) is 0 Å². The predicted octanol–water partition coefficient (Wildman–Crippen LogP) is 4.38. The van der Waals surface area contributed by atoms with Gasteiger partial charge in [-0.2, -0.15) is 0 Å². The normalized spacial score (nSPS) is 11.3. The van der Waals surface area contributed by atoms with E-state index >= 15 is 0 Å². The first-order valence-corrected chi connectivity index (χ1v) is 7.43. The summed E-state index contributed by atoms with van der Waals surface area (Å²) in [6, 6.07) is 15.4. The Hall–Kier alpha value is -2.46. The minimum absolute atomic E-state index is 0.345. The summed E-state index contributed by atoms with van der Waals surface area (Å²) in [6.45, 7) is 1.98. The van der Waals surface area contributed by atoms with Crippen LogP contribution in [-0.4, -0.2) is 4.98 Å². The molecule has 3 nitrogen and oxygen atoms in total. The topological polar surface area (TPSA) is 43.1 Å². The van der Waals surface area contributed by atoms with Gasteiger partial charge in [0.15, 0.2) is 0 Å². The molecule has 0 unspecified atom stereocenters. The number of aromatic nitrogens is 1. The lowest BCUT2D eigenvalue weighted by molar-refractivity contribution is 0.561. The lowest BCUT2D eigenvalue weighted by atomic mass is 10.1. The molecule has 0 saturated heterocycles. The van der Waals surface area contributed by atoms with Gasteiger partial charge in [0.25, 0.3) is 0 Å². The van der Waals surface area contributed by atoms with Crippen LogP contribution in [0.5, 0.6) is 0 Å². The van der Waals surface area contributed by atoms with E-state index in [1.54, 1.807) is 11.3 Å². The third-order valence-electron chi connectivity index (χ3n) is 3.42. The van der Waals surface area contributed by atoms with Crippen LogP contribution in [0.4, 0.5) is 0 Å². The molecule has 0 saturated carbocycles. The van der Waals surface area contributed by atoms with Gasteiger partial charge in [-0.1, -0.05) is 24.3 Å². The molecule has 0 spiro atoms. The lowest BCUT2D eigenvalue weighted by Gasteiger charge is -2.02. The zero-order chi connectivity index (χ0) is 14.4. The molecule has 102 valence electrons. The molecule has 0 aliphatic rings. The number of benzene rings is 2. The highest BCUT2D eigenvalue weighted by molar-refractivity contribution is 7.21. The van der Waals surface area contributed by atoms with E-state index in [9.17, 15) is 4.79 Å². The highest BCUT2D eigenvalue weighted by Gasteiger charge is 2.12. The Bertz CT molecular complexity index is 997. The molecule has 21 heavy (non-hydrogen) atoms. The van der Waals surface area contributed by atoms with Gasteiger partial charge in [-0.3, -0.25) is 0 Å². The van der Waals surface area contributed by atoms with Crippen LogP contribution >= 0.6 is 11.3 Å². The monoisotopic (exact) mass is 293 g/mol. The first kappa shape index (κ1) is 12.3. The van der Waals surface area contributed by atoms with Gasteiger partial charge in [-0.15, -0.1) is 11.3 Å². The molecule has 4 aromatic rings. The smallest absolute Gasteiger partial charge is 0.336 e. The summed E-state index contributed by atoms with van der Waals surface area (Å²) in [6.07, 6.45) is 0. The molecule has 4 heteroatoms. The number of hydrogen-bond acceptors (Lipinski definition) is 4. The molecular weight excluding hydrogens is 282 g/mol. The van der Waals surface area contributed by atoms with Gasteiger partial charge >= 0.3 is 5.63 Å². The van der Waals surface area contributed by atoms with Crippen molar-refractivity contribution in [3.63, 3.8) is 0 Å². The van der Waals surface area contributed by atoms with Crippen LogP contribution in [-0.2, 0) is 0 Å². The van der Waals surface area contributed by atoms with E-state index in [-0.39, 0.29) is 5.63 Å². The number of nitrogens with zero attached hydrogens (tertiary/aromatic N) is 1. The molecule has 2 aromatic heterocycles. The second-order valence-electron chi connectivity index (χ2n) is 4.97. The summed E-state index contributed by atoms with van der Waals surface area (Å²) in [5.74, 6) is 0. The van der Waals surface area contributed by atoms with Gasteiger partial charge in [-0.05, 0) is 30.7 Å². The number of rotatable bonds is 1. The summed E-state index contributed by atoms with van der Waals surface area (Å²) < 4.78 is 6.41. The molecule has 2 aromatic carbocycles. The Balaban J connectivity index is 2.07. The zero-order valence-electron chi connectivity index (χ0n) is 11.3. The van der Waals surface area contributed by atoms with Crippen LogP contribution in [0.15, 0.2) is 57.7 Å². The number of hydrogen-bond donors (Lipinski definition) is 0. The molecule has 0 aliphatic heterocycles. The highest BCUT2D eigenvalue weighted by atomic mass is 32.1. The fraction of sp³-hybridized carbons (Fsp3) is 0.0588. The Morgan fingerprint density at radius 1 is 1.10 bits per heavy atom. The molecule has 0 atom stereocenters. The maximum Gasteiger partial charge on any atom is 0.336 e. The molecule has 0 N–H and O–H groups in total. The van der Waals surface area contributed by atoms with Crippen molar-refractivity contribution in [3.8, 4) is 10.6 Å². The van der Waals surface area contributed by atoms with Crippen molar-refractivity contribution in [2.24, 2.45) is 0 Å². The number of thiazole rings is 1. The summed E-state index contributed by atoms with van der Waals surface area (Å²) in [5, 5.41) is 1.76. The van der Waals surface area contributed by atoms with E-state index in [1.807, 2.05) is 49.4 Å². The van der Waals surface area contributed by atoms with Crippen molar-refractivity contribution in [3.05, 3.63) is 64.5 Å². The molecule has 0 aliphatic carbocycles. The highest BCUT2D eigenvalue weighted by Crippen LogP contribution is 2.33. The van der Waals surface area contributed by atoms with E-state index in [0.717, 1.165) is 31.7 Å². The van der Waals surface area contributed by atoms with E-state index < -0.39 is 0 Å². The third-order valence-corrected chi connectivity index (χ3v) is 4.49. The molecule has 4 rings (SSSR count). The van der Waals surface area contributed by atoms with Crippen LogP contribution in [0.25, 0.3) is 31.8 Å². The zero-order valence-corrected chi connectivity index (χ0v) is 12.1. The van der Waals surface area contributed by atoms with Crippen molar-refractivity contribution in [2.45, 2.75) is 6.92 Å². The quantitative estimate of drug-likeness (QED) is 0.489. The molecule has 0 radical (unpaired) electrons. The van der Waals surface area contributed by atoms with Crippen LogP contribution in [0, 0.1) is 6.92 Å². The Labute approximate surface area is 124 Å². The standard InChI is InChI=1S/C17H11NO2S/c1-10-6-7-11-12(9-16(19)20-14(11)8-10)17-18-13-4-2-3-5-15(13)21-17/h2-9H,1H3. The second kappa shape index (κ2) is 4.53. The minimum atomic E-state index is -0.345. The first-order valence-electron chi connectivity index (χ1n) is 6.61. The van der Waals surface area contributed by atoms with Crippen molar-refractivity contribution in [2.75, 3.05) is 0 Å². The predicted molar refractivity (Wildman–Crippen MR) is 85.8 cm³/mol. The van der Waals surface area contributed by atoms with Crippen molar-refractivity contribution < 1.29 is 4.42 Å². The lowest BCUT2D eigenvalue weighted by Crippen LogP contribution is -1.98. The van der Waals surface area contributed by atoms with Crippen molar-refractivity contribution in [1.82, 2.24) is 4.98 Å². The summed E-state index contributed by atoms with van der Waals surface area (Å²) in [5.41, 5.74) is 3.11. The summed E-state index contributed by atoms with van der Waals surface area (Å²) >= 11 is 1.59. The Morgan fingerprint density at radius 3 is 2.81 bits per heavy atom. The first-order chi connectivity index (χ1) is 10.2. The average molecular weight is 293 g/mol. The van der Waals surface area contributed by atoms with Gasteiger partial charge in [0, 0.05) is 17.0 Å². The third kappa shape index (κ3) is 2.04. The average Bonchev–Trinajstić information content (AvgIpc) is 2.89. The molecule has 2 heterocycles. The van der Waals surface area contributed by atoms with Crippen LogP contribution < -0.4 is 5.63 Å². The maximum absolute atomic E-state index is 11.8. The van der Waals surface area contributed by atoms with Crippen molar-refractivity contribution in [1.29, 1.82) is 0 Å².